The fourth-order valence-electron chi connectivity index (χ4n) is 2.56. The van der Waals surface area contributed by atoms with Gasteiger partial charge in [0.05, 0.1) is 10.2 Å². The number of benzene rings is 1. The van der Waals surface area contributed by atoms with Crippen molar-refractivity contribution in [2.45, 2.75) is 26.3 Å². The van der Waals surface area contributed by atoms with Gasteiger partial charge in [-0.2, -0.15) is 0 Å². The zero-order valence-corrected chi connectivity index (χ0v) is 12.3. The number of hydrogen-bond acceptors (Lipinski definition) is 5. The van der Waals surface area contributed by atoms with Crippen molar-refractivity contribution in [1.29, 1.82) is 0 Å². The van der Waals surface area contributed by atoms with Crippen LogP contribution in [0.25, 0.3) is 10.2 Å². The first-order valence-electron chi connectivity index (χ1n) is 6.81. The van der Waals surface area contributed by atoms with Crippen LogP contribution in [-0.2, 0) is 13.0 Å². The Morgan fingerprint density at radius 1 is 1.38 bits per heavy atom. The maximum Gasteiger partial charge on any atom is 0.295 e. The summed E-state index contributed by atoms with van der Waals surface area (Å²) in [6.07, 6.45) is 1.91. The highest BCUT2D eigenvalue weighted by molar-refractivity contribution is 7.22. The lowest BCUT2D eigenvalue weighted by molar-refractivity contribution is 0.101. The Morgan fingerprint density at radius 3 is 3.19 bits per heavy atom. The third kappa shape index (κ3) is 2.09. The minimum atomic E-state index is -0.244. The van der Waals surface area contributed by atoms with Crippen molar-refractivity contribution in [2.75, 3.05) is 5.32 Å². The van der Waals surface area contributed by atoms with Crippen LogP contribution in [0.4, 0.5) is 5.13 Å². The molecule has 4 rings (SSSR count). The van der Waals surface area contributed by atoms with Crippen LogP contribution in [0.5, 0.6) is 0 Å². The Bertz CT molecular complexity index is 850. The van der Waals surface area contributed by atoms with E-state index in [9.17, 15) is 4.79 Å². The van der Waals surface area contributed by atoms with E-state index in [1.165, 1.54) is 16.9 Å². The Kier molecular flexibility index (Phi) is 2.75. The number of carbonyl (C=O) groups excluding carboxylic acids is 1. The van der Waals surface area contributed by atoms with Crippen molar-refractivity contribution in [3.63, 3.8) is 0 Å². The Hall–Kier alpha value is -2.28. The van der Waals surface area contributed by atoms with Gasteiger partial charge in [-0.15, -0.1) is 10.2 Å². The van der Waals surface area contributed by atoms with Gasteiger partial charge in [0.1, 0.15) is 5.82 Å². The van der Waals surface area contributed by atoms with Crippen LogP contribution in [0.15, 0.2) is 18.2 Å². The number of carbonyl (C=O) groups is 1. The SMILES string of the molecule is Cc1ccc2nc(NC(=O)c3nnc4n3CCC4)sc2c1. The van der Waals surface area contributed by atoms with Gasteiger partial charge < -0.3 is 4.57 Å². The normalized spacial score (nSPS) is 13.6. The molecule has 106 valence electrons. The molecular formula is C14H13N5OS. The lowest BCUT2D eigenvalue weighted by Crippen LogP contribution is -2.17. The van der Waals surface area contributed by atoms with Crippen LogP contribution >= 0.6 is 11.3 Å². The number of nitrogens with one attached hydrogen (secondary N) is 1. The zero-order chi connectivity index (χ0) is 14.4. The number of rotatable bonds is 2. The molecule has 1 aromatic carbocycles. The highest BCUT2D eigenvalue weighted by atomic mass is 32.1. The molecule has 0 atom stereocenters. The van der Waals surface area contributed by atoms with Crippen molar-refractivity contribution in [1.82, 2.24) is 19.7 Å². The summed E-state index contributed by atoms with van der Waals surface area (Å²) < 4.78 is 2.95. The molecule has 1 aliphatic heterocycles. The van der Waals surface area contributed by atoms with Gasteiger partial charge in [0.2, 0.25) is 5.82 Å². The molecule has 0 unspecified atom stereocenters. The van der Waals surface area contributed by atoms with Crippen molar-refractivity contribution >= 4 is 32.6 Å². The number of aryl methyl sites for hydroxylation is 2. The molecule has 0 radical (unpaired) electrons. The molecule has 0 aliphatic carbocycles. The summed E-state index contributed by atoms with van der Waals surface area (Å²) in [4.78, 5) is 16.7. The lowest BCUT2D eigenvalue weighted by Gasteiger charge is -2.01. The van der Waals surface area contributed by atoms with E-state index in [0.29, 0.717) is 11.0 Å². The van der Waals surface area contributed by atoms with E-state index >= 15 is 0 Å². The smallest absolute Gasteiger partial charge is 0.295 e. The molecule has 0 saturated heterocycles. The molecule has 0 saturated carbocycles. The van der Waals surface area contributed by atoms with E-state index in [4.69, 9.17) is 0 Å². The van der Waals surface area contributed by atoms with Crippen LogP contribution in [0, 0.1) is 6.92 Å². The summed E-state index contributed by atoms with van der Waals surface area (Å²) in [5.74, 6) is 1.02. The monoisotopic (exact) mass is 299 g/mol. The Labute approximate surface area is 124 Å². The van der Waals surface area contributed by atoms with E-state index < -0.39 is 0 Å². The molecule has 7 heteroatoms. The molecule has 6 nitrogen and oxygen atoms in total. The molecule has 21 heavy (non-hydrogen) atoms. The molecule has 0 fully saturated rings. The van der Waals surface area contributed by atoms with Gasteiger partial charge in [-0.1, -0.05) is 17.4 Å². The zero-order valence-electron chi connectivity index (χ0n) is 11.5. The average molecular weight is 299 g/mol. The fourth-order valence-corrected chi connectivity index (χ4v) is 3.52. The quantitative estimate of drug-likeness (QED) is 0.788. The number of amides is 1. The Morgan fingerprint density at radius 2 is 2.29 bits per heavy atom. The van der Waals surface area contributed by atoms with Gasteiger partial charge in [0.15, 0.2) is 5.13 Å². The molecule has 1 amide bonds. The number of fused-ring (bicyclic) bond motifs is 2. The largest absolute Gasteiger partial charge is 0.307 e. The number of nitrogens with zero attached hydrogens (tertiary/aromatic N) is 4. The summed E-state index contributed by atoms with van der Waals surface area (Å²) >= 11 is 1.47. The number of aromatic nitrogens is 4. The first-order chi connectivity index (χ1) is 10.2. The van der Waals surface area contributed by atoms with Crippen molar-refractivity contribution < 1.29 is 4.79 Å². The standard InChI is InChI=1S/C14H13N5OS/c1-8-4-5-9-10(7-8)21-14(15-9)16-13(20)12-18-17-11-3-2-6-19(11)12/h4-5,7H,2-3,6H2,1H3,(H,15,16,20). The number of hydrogen-bond donors (Lipinski definition) is 1. The van der Waals surface area contributed by atoms with Crippen molar-refractivity contribution in [3.05, 3.63) is 35.4 Å². The van der Waals surface area contributed by atoms with Crippen LogP contribution in [0.1, 0.15) is 28.4 Å². The summed E-state index contributed by atoms with van der Waals surface area (Å²) in [7, 11) is 0. The molecule has 0 bridgehead atoms. The second-order valence-corrected chi connectivity index (χ2v) is 6.17. The fraction of sp³-hybridized carbons (Fsp3) is 0.286. The second-order valence-electron chi connectivity index (χ2n) is 5.14. The van der Waals surface area contributed by atoms with Gasteiger partial charge >= 0.3 is 0 Å². The lowest BCUT2D eigenvalue weighted by atomic mass is 10.2. The summed E-state index contributed by atoms with van der Waals surface area (Å²) in [6, 6.07) is 6.04. The second kappa shape index (κ2) is 4.63. The third-order valence-electron chi connectivity index (χ3n) is 3.58. The van der Waals surface area contributed by atoms with Gasteiger partial charge in [0.25, 0.3) is 5.91 Å². The average Bonchev–Trinajstić information content (AvgIpc) is 3.10. The van der Waals surface area contributed by atoms with E-state index in [-0.39, 0.29) is 5.91 Å². The maximum atomic E-state index is 12.3. The van der Waals surface area contributed by atoms with E-state index in [0.717, 1.165) is 35.4 Å². The van der Waals surface area contributed by atoms with Crippen LogP contribution in [0.3, 0.4) is 0 Å². The predicted octanol–water partition coefficient (Wildman–Crippen LogP) is 2.39. The molecule has 2 aromatic heterocycles. The first-order valence-corrected chi connectivity index (χ1v) is 7.63. The Balaban J connectivity index is 1.63. The summed E-state index contributed by atoms with van der Waals surface area (Å²) in [6.45, 7) is 2.85. The van der Waals surface area contributed by atoms with E-state index in [2.05, 4.69) is 26.6 Å². The molecule has 3 aromatic rings. The minimum Gasteiger partial charge on any atom is -0.307 e. The number of anilines is 1. The highest BCUT2D eigenvalue weighted by Gasteiger charge is 2.22. The molecular weight excluding hydrogens is 286 g/mol. The van der Waals surface area contributed by atoms with Gasteiger partial charge in [-0.3, -0.25) is 10.1 Å². The topological polar surface area (TPSA) is 72.7 Å². The molecule has 3 heterocycles. The highest BCUT2D eigenvalue weighted by Crippen LogP contribution is 2.27. The van der Waals surface area contributed by atoms with Gasteiger partial charge in [-0.05, 0) is 31.0 Å². The van der Waals surface area contributed by atoms with E-state index in [1.54, 1.807) is 0 Å². The van der Waals surface area contributed by atoms with Crippen LogP contribution in [-0.4, -0.2) is 25.7 Å². The first kappa shape index (κ1) is 12.5. The van der Waals surface area contributed by atoms with Crippen LogP contribution < -0.4 is 5.32 Å². The maximum absolute atomic E-state index is 12.3. The minimum absolute atomic E-state index is 0.244. The molecule has 1 aliphatic rings. The molecule has 0 spiro atoms. The molecule has 1 N–H and O–H groups in total. The predicted molar refractivity (Wildman–Crippen MR) is 80.7 cm³/mol. The van der Waals surface area contributed by atoms with Gasteiger partial charge in [-0.25, -0.2) is 4.98 Å². The number of thiazole rings is 1. The summed E-state index contributed by atoms with van der Waals surface area (Å²) in [5.41, 5.74) is 2.08. The summed E-state index contributed by atoms with van der Waals surface area (Å²) in [5, 5.41) is 11.5. The van der Waals surface area contributed by atoms with E-state index in [1.807, 2.05) is 23.6 Å². The van der Waals surface area contributed by atoms with Gasteiger partial charge in [0, 0.05) is 13.0 Å². The van der Waals surface area contributed by atoms with Crippen molar-refractivity contribution in [2.24, 2.45) is 0 Å². The van der Waals surface area contributed by atoms with Crippen molar-refractivity contribution in [3.8, 4) is 0 Å². The van der Waals surface area contributed by atoms with Crippen LogP contribution in [0.2, 0.25) is 0 Å². The third-order valence-corrected chi connectivity index (χ3v) is 4.51.